The van der Waals surface area contributed by atoms with Gasteiger partial charge in [0.05, 0.1) is 12.3 Å². The van der Waals surface area contributed by atoms with Gasteiger partial charge < -0.3 is 9.47 Å². The van der Waals surface area contributed by atoms with E-state index in [0.717, 1.165) is 24.5 Å². The molecule has 2 aliphatic rings. The van der Waals surface area contributed by atoms with E-state index in [2.05, 4.69) is 9.84 Å². The Kier molecular flexibility index (Phi) is 4.15. The fraction of sp³-hybridized carbons (Fsp3) is 0.529. The van der Waals surface area contributed by atoms with Crippen molar-refractivity contribution < 1.29 is 22.6 Å². The maximum Gasteiger partial charge on any atom is 0.573 e. The van der Waals surface area contributed by atoms with Gasteiger partial charge in [-0.05, 0) is 49.4 Å². The lowest BCUT2D eigenvalue weighted by Crippen LogP contribution is -2.17. The standard InChI is InChI=1S/C17H18F3N3O2/c18-17(19,20)25-14-5-3-13(4-6-14)23-16(12-7-8-24-10-12)21-15(22-23)9-11-1-2-11/h3-6,11-12H,1-2,7-10H2/t12-/m1/s1. The van der Waals surface area contributed by atoms with Crippen molar-refractivity contribution in [1.82, 2.24) is 14.8 Å². The summed E-state index contributed by atoms with van der Waals surface area (Å²) < 4.78 is 48.0. The molecule has 1 aliphatic carbocycles. The van der Waals surface area contributed by atoms with Gasteiger partial charge in [0.25, 0.3) is 0 Å². The smallest absolute Gasteiger partial charge is 0.406 e. The zero-order chi connectivity index (χ0) is 17.4. The monoisotopic (exact) mass is 353 g/mol. The van der Waals surface area contributed by atoms with Crippen LogP contribution < -0.4 is 4.74 Å². The van der Waals surface area contributed by atoms with Crippen molar-refractivity contribution in [3.05, 3.63) is 35.9 Å². The van der Waals surface area contributed by atoms with Gasteiger partial charge in [-0.1, -0.05) is 0 Å². The highest BCUT2D eigenvalue weighted by molar-refractivity contribution is 5.38. The maximum absolute atomic E-state index is 12.3. The number of ether oxygens (including phenoxy) is 2. The van der Waals surface area contributed by atoms with E-state index >= 15 is 0 Å². The van der Waals surface area contributed by atoms with E-state index in [1.54, 1.807) is 16.8 Å². The molecule has 2 aromatic rings. The summed E-state index contributed by atoms with van der Waals surface area (Å²) in [4.78, 5) is 4.69. The summed E-state index contributed by atoms with van der Waals surface area (Å²) in [7, 11) is 0. The predicted molar refractivity (Wildman–Crippen MR) is 82.6 cm³/mol. The van der Waals surface area contributed by atoms with Crippen molar-refractivity contribution in [1.29, 1.82) is 0 Å². The molecule has 1 atom stereocenters. The number of rotatable bonds is 5. The number of hydrogen-bond acceptors (Lipinski definition) is 4. The first-order valence-electron chi connectivity index (χ1n) is 8.38. The van der Waals surface area contributed by atoms with Gasteiger partial charge in [-0.15, -0.1) is 13.2 Å². The first-order valence-corrected chi connectivity index (χ1v) is 8.38. The second-order valence-corrected chi connectivity index (χ2v) is 6.55. The van der Waals surface area contributed by atoms with Gasteiger partial charge in [0.2, 0.25) is 0 Å². The van der Waals surface area contributed by atoms with Gasteiger partial charge >= 0.3 is 6.36 Å². The highest BCUT2D eigenvalue weighted by atomic mass is 19.4. The minimum atomic E-state index is -4.70. The number of aromatic nitrogens is 3. The second-order valence-electron chi connectivity index (χ2n) is 6.55. The molecule has 8 heteroatoms. The number of alkyl halides is 3. The maximum atomic E-state index is 12.3. The van der Waals surface area contributed by atoms with Gasteiger partial charge in [0, 0.05) is 18.9 Å². The molecule has 5 nitrogen and oxygen atoms in total. The Morgan fingerprint density at radius 3 is 2.52 bits per heavy atom. The van der Waals surface area contributed by atoms with Crippen LogP contribution in [0.1, 0.15) is 36.8 Å². The molecule has 1 saturated heterocycles. The van der Waals surface area contributed by atoms with Crippen LogP contribution in [0.25, 0.3) is 5.69 Å². The summed E-state index contributed by atoms with van der Waals surface area (Å²) in [5.74, 6) is 2.18. The second kappa shape index (κ2) is 6.33. The van der Waals surface area contributed by atoms with Crippen LogP contribution in [0.5, 0.6) is 5.75 Å². The van der Waals surface area contributed by atoms with Crippen LogP contribution in [0, 0.1) is 5.92 Å². The van der Waals surface area contributed by atoms with Gasteiger partial charge in [-0.2, -0.15) is 5.10 Å². The molecule has 25 heavy (non-hydrogen) atoms. The minimum Gasteiger partial charge on any atom is -0.406 e. The molecule has 4 rings (SSSR count). The Balaban J connectivity index is 1.62. The van der Waals surface area contributed by atoms with Gasteiger partial charge in [0.1, 0.15) is 11.6 Å². The highest BCUT2D eigenvalue weighted by Gasteiger charge is 2.31. The average molecular weight is 353 g/mol. The Bertz CT molecular complexity index is 733. The van der Waals surface area contributed by atoms with E-state index in [9.17, 15) is 13.2 Å². The lowest BCUT2D eigenvalue weighted by atomic mass is 10.1. The molecule has 1 aromatic heterocycles. The van der Waals surface area contributed by atoms with Crippen LogP contribution in [-0.2, 0) is 11.2 Å². The van der Waals surface area contributed by atoms with Crippen LogP contribution in [0.4, 0.5) is 13.2 Å². The molecule has 2 heterocycles. The molecule has 0 unspecified atom stereocenters. The lowest BCUT2D eigenvalue weighted by molar-refractivity contribution is -0.274. The summed E-state index contributed by atoms with van der Waals surface area (Å²) in [6.07, 6.45) is -0.558. The van der Waals surface area contributed by atoms with Gasteiger partial charge in [-0.3, -0.25) is 0 Å². The van der Waals surface area contributed by atoms with Crippen LogP contribution in [0.3, 0.4) is 0 Å². The van der Waals surface area contributed by atoms with Crippen molar-refractivity contribution in [2.45, 2.75) is 38.0 Å². The Labute approximate surface area is 142 Å². The third-order valence-electron chi connectivity index (χ3n) is 4.45. The summed E-state index contributed by atoms with van der Waals surface area (Å²) in [5.41, 5.74) is 0.672. The summed E-state index contributed by atoms with van der Waals surface area (Å²) in [6, 6.07) is 5.71. The molecule has 1 aliphatic heterocycles. The van der Waals surface area contributed by atoms with Crippen molar-refractivity contribution in [2.24, 2.45) is 5.92 Å². The highest BCUT2D eigenvalue weighted by Crippen LogP contribution is 2.33. The fourth-order valence-corrected chi connectivity index (χ4v) is 3.02. The number of halogens is 3. The zero-order valence-electron chi connectivity index (χ0n) is 13.5. The molecule has 0 radical (unpaired) electrons. The Morgan fingerprint density at radius 1 is 1.16 bits per heavy atom. The molecule has 0 spiro atoms. The fourth-order valence-electron chi connectivity index (χ4n) is 3.02. The SMILES string of the molecule is FC(F)(F)Oc1ccc(-n2nc(CC3CC3)nc2[C@@H]2CCOC2)cc1. The van der Waals surface area contributed by atoms with Crippen LogP contribution in [0.2, 0.25) is 0 Å². The first-order chi connectivity index (χ1) is 12.0. The first kappa shape index (κ1) is 16.4. The zero-order valence-corrected chi connectivity index (χ0v) is 13.5. The molecule has 0 N–H and O–H groups in total. The van der Waals surface area contributed by atoms with Crippen molar-refractivity contribution in [2.75, 3.05) is 13.2 Å². The molecule has 2 fully saturated rings. The lowest BCUT2D eigenvalue weighted by Gasteiger charge is -2.12. The van der Waals surface area contributed by atoms with E-state index in [0.29, 0.717) is 24.8 Å². The topological polar surface area (TPSA) is 49.2 Å². The molecule has 134 valence electrons. The van der Waals surface area contributed by atoms with Crippen molar-refractivity contribution >= 4 is 0 Å². The van der Waals surface area contributed by atoms with Gasteiger partial charge in [-0.25, -0.2) is 9.67 Å². The molecule has 0 amide bonds. The van der Waals surface area contributed by atoms with Crippen molar-refractivity contribution in [3.8, 4) is 11.4 Å². The number of hydrogen-bond donors (Lipinski definition) is 0. The number of benzene rings is 1. The summed E-state index contributed by atoms with van der Waals surface area (Å²) >= 11 is 0. The van der Waals surface area contributed by atoms with Crippen LogP contribution >= 0.6 is 0 Å². The van der Waals surface area contributed by atoms with E-state index in [1.165, 1.54) is 25.0 Å². The van der Waals surface area contributed by atoms with E-state index in [4.69, 9.17) is 9.72 Å². The molecular formula is C17H18F3N3O2. The molecule has 0 bridgehead atoms. The van der Waals surface area contributed by atoms with Crippen molar-refractivity contribution in [3.63, 3.8) is 0 Å². The van der Waals surface area contributed by atoms with Gasteiger partial charge in [0.15, 0.2) is 5.82 Å². The Morgan fingerprint density at radius 2 is 1.92 bits per heavy atom. The van der Waals surface area contributed by atoms with E-state index < -0.39 is 6.36 Å². The Hall–Kier alpha value is -2.09. The quantitative estimate of drug-likeness (QED) is 0.824. The number of nitrogens with zero attached hydrogens (tertiary/aromatic N) is 3. The third kappa shape index (κ3) is 3.95. The third-order valence-corrected chi connectivity index (χ3v) is 4.45. The molecule has 1 saturated carbocycles. The van der Waals surface area contributed by atoms with Crippen LogP contribution in [-0.4, -0.2) is 34.3 Å². The average Bonchev–Trinajstić information content (AvgIpc) is 3.04. The van der Waals surface area contributed by atoms with Crippen LogP contribution in [0.15, 0.2) is 24.3 Å². The summed E-state index contributed by atoms with van der Waals surface area (Å²) in [6.45, 7) is 1.28. The largest absolute Gasteiger partial charge is 0.573 e. The van der Waals surface area contributed by atoms with E-state index in [1.807, 2.05) is 0 Å². The molecule has 1 aromatic carbocycles. The minimum absolute atomic E-state index is 0.159. The summed E-state index contributed by atoms with van der Waals surface area (Å²) in [5, 5.41) is 4.60. The van der Waals surface area contributed by atoms with E-state index in [-0.39, 0.29) is 11.7 Å². The molecular weight excluding hydrogens is 335 g/mol. The normalized spacial score (nSPS) is 20.8. The predicted octanol–water partition coefficient (Wildman–Crippen LogP) is 3.62.